The van der Waals surface area contributed by atoms with Crippen LogP contribution in [0.1, 0.15) is 51.6 Å². The van der Waals surface area contributed by atoms with Gasteiger partial charge in [0.15, 0.2) is 0 Å². The standard InChI is InChI=1S/C30H29N3O10S/c34-21(16-7-2-1-3-8-16)14-43-13-17-15-44-28-23(27(38)33(28)24(17)30(41)42)31-22(35)12-6-11-20(29(39)40)32-25(36)18-9-4-5-10-19(18)26(32)37/h1-5,7-10,20-21,23,28,34H,6,11-15H2,(H,31,35)(H,39,40)(H,41,42)/t20?,21?,23-,28+/m1/s1. The van der Waals surface area contributed by atoms with Crippen LogP contribution >= 0.6 is 11.8 Å². The minimum absolute atomic E-state index is 0.00916. The molecule has 4 atom stereocenters. The molecule has 3 aliphatic rings. The molecule has 0 aromatic heterocycles. The zero-order valence-electron chi connectivity index (χ0n) is 23.3. The first-order chi connectivity index (χ1) is 21.1. The largest absolute Gasteiger partial charge is 0.480 e. The first-order valence-corrected chi connectivity index (χ1v) is 14.8. The Morgan fingerprint density at radius 3 is 2.23 bits per heavy atom. The van der Waals surface area contributed by atoms with Crippen molar-refractivity contribution in [2.24, 2.45) is 0 Å². The maximum atomic E-state index is 12.9. The zero-order valence-corrected chi connectivity index (χ0v) is 24.1. The van der Waals surface area contributed by atoms with Crippen molar-refractivity contribution in [1.29, 1.82) is 0 Å². The number of carboxylic acid groups (broad SMARTS) is 2. The van der Waals surface area contributed by atoms with E-state index in [-0.39, 0.29) is 55.1 Å². The van der Waals surface area contributed by atoms with Crippen molar-refractivity contribution in [3.05, 3.63) is 82.6 Å². The normalized spacial score (nSPS) is 20.5. The Balaban J connectivity index is 1.14. The van der Waals surface area contributed by atoms with Crippen LogP contribution in [0.5, 0.6) is 0 Å². The number of thioether (sulfide) groups is 1. The summed E-state index contributed by atoms with van der Waals surface area (Å²) in [7, 11) is 0. The molecule has 3 aliphatic heterocycles. The molecule has 0 aliphatic carbocycles. The minimum Gasteiger partial charge on any atom is -0.480 e. The summed E-state index contributed by atoms with van der Waals surface area (Å²) in [5, 5.41) is 31.8. The molecule has 3 heterocycles. The molecule has 44 heavy (non-hydrogen) atoms. The van der Waals surface area contributed by atoms with Crippen LogP contribution in [0.15, 0.2) is 65.9 Å². The molecule has 1 saturated heterocycles. The van der Waals surface area contributed by atoms with Crippen LogP contribution in [0.25, 0.3) is 0 Å². The number of carboxylic acids is 2. The predicted octanol–water partition coefficient (Wildman–Crippen LogP) is 1.39. The van der Waals surface area contributed by atoms with Gasteiger partial charge in [-0.2, -0.15) is 0 Å². The van der Waals surface area contributed by atoms with Gasteiger partial charge >= 0.3 is 11.9 Å². The quantitative estimate of drug-likeness (QED) is 0.186. The summed E-state index contributed by atoms with van der Waals surface area (Å²) in [4.78, 5) is 76.9. The molecule has 0 spiro atoms. The predicted molar refractivity (Wildman–Crippen MR) is 154 cm³/mol. The van der Waals surface area contributed by atoms with Crippen molar-refractivity contribution < 1.29 is 48.8 Å². The number of nitrogens with zero attached hydrogens (tertiary/aromatic N) is 2. The second-order valence-corrected chi connectivity index (χ2v) is 11.5. The molecule has 4 N–H and O–H groups in total. The van der Waals surface area contributed by atoms with E-state index >= 15 is 0 Å². The Labute approximate surface area is 255 Å². The highest BCUT2D eigenvalue weighted by molar-refractivity contribution is 8.00. The maximum absolute atomic E-state index is 12.9. The molecular formula is C30H29N3O10S. The number of hydrogen-bond acceptors (Lipinski definition) is 9. The Bertz CT molecular complexity index is 1510. The summed E-state index contributed by atoms with van der Waals surface area (Å²) in [6.07, 6.45) is -1.25. The first-order valence-electron chi connectivity index (χ1n) is 13.8. The molecule has 0 saturated carbocycles. The van der Waals surface area contributed by atoms with Gasteiger partial charge < -0.3 is 25.4 Å². The topological polar surface area (TPSA) is 191 Å². The number of hydrogen-bond donors (Lipinski definition) is 4. The highest BCUT2D eigenvalue weighted by Crippen LogP contribution is 2.40. The van der Waals surface area contributed by atoms with Crippen LogP contribution in [0.2, 0.25) is 0 Å². The second kappa shape index (κ2) is 13.0. The molecule has 1 fully saturated rings. The third kappa shape index (κ3) is 5.96. The van der Waals surface area contributed by atoms with E-state index in [9.17, 15) is 44.1 Å². The van der Waals surface area contributed by atoms with Crippen LogP contribution in [0.4, 0.5) is 0 Å². The Morgan fingerprint density at radius 2 is 1.61 bits per heavy atom. The number of nitrogens with one attached hydrogen (secondary N) is 1. The van der Waals surface area contributed by atoms with Crippen LogP contribution in [0, 0.1) is 0 Å². The Hall–Kier alpha value is -4.53. The van der Waals surface area contributed by atoms with Gasteiger partial charge in [0.2, 0.25) is 5.91 Å². The molecule has 2 unspecified atom stereocenters. The number of aliphatic hydroxyl groups is 1. The van der Waals surface area contributed by atoms with Crippen molar-refractivity contribution in [3.8, 4) is 0 Å². The van der Waals surface area contributed by atoms with Crippen molar-refractivity contribution in [2.75, 3.05) is 19.0 Å². The highest BCUT2D eigenvalue weighted by atomic mass is 32.2. The van der Waals surface area contributed by atoms with Gasteiger partial charge in [0.25, 0.3) is 17.7 Å². The molecule has 5 rings (SSSR count). The Morgan fingerprint density at radius 1 is 0.977 bits per heavy atom. The van der Waals surface area contributed by atoms with Gasteiger partial charge in [0.05, 0.1) is 24.3 Å². The van der Waals surface area contributed by atoms with Gasteiger partial charge in [-0.1, -0.05) is 42.5 Å². The summed E-state index contributed by atoms with van der Waals surface area (Å²) >= 11 is 1.26. The van der Waals surface area contributed by atoms with Gasteiger partial charge in [-0.3, -0.25) is 29.0 Å². The second-order valence-electron chi connectivity index (χ2n) is 10.4. The van der Waals surface area contributed by atoms with Crippen molar-refractivity contribution >= 4 is 47.3 Å². The molecular weight excluding hydrogens is 594 g/mol. The average molecular weight is 624 g/mol. The lowest BCUT2D eigenvalue weighted by atomic mass is 10.0. The number of imide groups is 1. The molecule has 13 nitrogen and oxygen atoms in total. The summed E-state index contributed by atoms with van der Waals surface area (Å²) in [5.74, 6) is -5.06. The number of carbonyl (C=O) groups is 6. The number of fused-ring (bicyclic) bond motifs is 2. The number of benzene rings is 2. The SMILES string of the molecule is O=C(CCCC(C(=O)O)N1C(=O)c2ccccc2C1=O)N[C@@H]1C(=O)N2C(C(=O)O)=C(COCC(O)c3ccccc3)CS[C@@H]12. The lowest BCUT2D eigenvalue weighted by Gasteiger charge is -2.49. The van der Waals surface area contributed by atoms with Gasteiger partial charge in [0.1, 0.15) is 29.3 Å². The molecule has 2 aromatic carbocycles. The van der Waals surface area contributed by atoms with Crippen LogP contribution in [0.3, 0.4) is 0 Å². The number of rotatable bonds is 13. The number of amides is 4. The summed E-state index contributed by atoms with van der Waals surface area (Å²) in [6.45, 7) is -0.180. The van der Waals surface area contributed by atoms with Crippen molar-refractivity contribution in [1.82, 2.24) is 15.1 Å². The molecule has 2 aromatic rings. The monoisotopic (exact) mass is 623 g/mol. The Kier molecular flexibility index (Phi) is 9.13. The van der Waals surface area contributed by atoms with E-state index in [1.807, 2.05) is 6.07 Å². The van der Waals surface area contributed by atoms with E-state index < -0.39 is 59.1 Å². The lowest BCUT2D eigenvalue weighted by molar-refractivity contribution is -0.150. The number of aliphatic hydroxyl groups excluding tert-OH is 1. The van der Waals surface area contributed by atoms with Crippen molar-refractivity contribution in [2.45, 2.75) is 42.8 Å². The molecule has 4 amide bonds. The van der Waals surface area contributed by atoms with Gasteiger partial charge in [0, 0.05) is 12.2 Å². The smallest absolute Gasteiger partial charge is 0.352 e. The summed E-state index contributed by atoms with van der Waals surface area (Å²) < 4.78 is 5.57. The molecule has 230 valence electrons. The molecule has 0 radical (unpaired) electrons. The van der Waals surface area contributed by atoms with Crippen molar-refractivity contribution in [3.63, 3.8) is 0 Å². The van der Waals surface area contributed by atoms with E-state index in [4.69, 9.17) is 4.74 Å². The van der Waals surface area contributed by atoms with Gasteiger partial charge in [-0.15, -0.1) is 11.8 Å². The van der Waals surface area contributed by atoms with E-state index in [1.165, 1.54) is 23.9 Å². The number of carbonyl (C=O) groups excluding carboxylic acids is 4. The van der Waals surface area contributed by atoms with Crippen LogP contribution < -0.4 is 5.32 Å². The highest BCUT2D eigenvalue weighted by Gasteiger charge is 2.54. The van der Waals surface area contributed by atoms with E-state index in [1.54, 1.807) is 36.4 Å². The third-order valence-electron chi connectivity index (χ3n) is 7.61. The fourth-order valence-electron chi connectivity index (χ4n) is 5.42. The lowest BCUT2D eigenvalue weighted by Crippen LogP contribution is -2.70. The van der Waals surface area contributed by atoms with Crippen LogP contribution in [-0.4, -0.2) is 97.1 Å². The maximum Gasteiger partial charge on any atom is 0.352 e. The fraction of sp³-hybridized carbons (Fsp3) is 0.333. The van der Waals surface area contributed by atoms with Gasteiger partial charge in [-0.05, 0) is 36.1 Å². The van der Waals surface area contributed by atoms with E-state index in [0.29, 0.717) is 16.0 Å². The first kappa shape index (κ1) is 30.9. The third-order valence-corrected chi connectivity index (χ3v) is 8.95. The summed E-state index contributed by atoms with van der Waals surface area (Å²) in [5.41, 5.74) is 1.04. The molecule has 0 bridgehead atoms. The number of β-lactam (4-membered cyclic amide) rings is 1. The minimum atomic E-state index is -1.47. The fourth-order valence-corrected chi connectivity index (χ4v) is 6.74. The average Bonchev–Trinajstić information content (AvgIpc) is 3.26. The van der Waals surface area contributed by atoms with E-state index in [0.717, 1.165) is 4.90 Å². The van der Waals surface area contributed by atoms with E-state index in [2.05, 4.69) is 5.32 Å². The van der Waals surface area contributed by atoms with Crippen LogP contribution in [-0.2, 0) is 23.9 Å². The summed E-state index contributed by atoms with van der Waals surface area (Å²) in [6, 6.07) is 12.4. The zero-order chi connectivity index (χ0) is 31.5. The van der Waals surface area contributed by atoms with Gasteiger partial charge in [-0.25, -0.2) is 9.59 Å². The number of ether oxygens (including phenoxy) is 1. The molecule has 14 heteroatoms. The number of aliphatic carboxylic acids is 2.